The van der Waals surface area contributed by atoms with Crippen molar-refractivity contribution in [2.45, 2.75) is 6.04 Å². The second kappa shape index (κ2) is 5.24. The zero-order valence-electron chi connectivity index (χ0n) is 9.87. The molecule has 0 aromatic heterocycles. The maximum Gasteiger partial charge on any atom is 0.258 e. The van der Waals surface area contributed by atoms with Gasteiger partial charge in [0.1, 0.15) is 0 Å². The monoisotopic (exact) mass is 252 g/mol. The normalized spacial score (nSPS) is 19.8. The van der Waals surface area contributed by atoms with Crippen molar-refractivity contribution in [3.63, 3.8) is 0 Å². The summed E-state index contributed by atoms with van der Waals surface area (Å²) in [5, 5.41) is 19.0. The van der Waals surface area contributed by atoms with Crippen molar-refractivity contribution < 1.29 is 19.7 Å². The van der Waals surface area contributed by atoms with E-state index in [1.54, 1.807) is 6.07 Å². The number of nitrogen functional groups attached to an aromatic ring is 1. The van der Waals surface area contributed by atoms with Crippen molar-refractivity contribution in [3.05, 3.63) is 23.8 Å². The van der Waals surface area contributed by atoms with Crippen molar-refractivity contribution in [1.29, 1.82) is 0 Å². The van der Waals surface area contributed by atoms with Gasteiger partial charge in [-0.2, -0.15) is 0 Å². The van der Waals surface area contributed by atoms with Gasteiger partial charge in [0.05, 0.1) is 37.1 Å². The molecule has 1 aliphatic rings. The number of amides is 1. The Morgan fingerprint density at radius 3 is 3.06 bits per heavy atom. The molecule has 6 heteroatoms. The van der Waals surface area contributed by atoms with Gasteiger partial charge in [0.25, 0.3) is 5.91 Å². The predicted molar refractivity (Wildman–Crippen MR) is 65.2 cm³/mol. The average molecular weight is 252 g/mol. The Balaban J connectivity index is 2.27. The Bertz CT molecular complexity index is 450. The van der Waals surface area contributed by atoms with Crippen LogP contribution < -0.4 is 5.73 Å². The third-order valence-corrected chi connectivity index (χ3v) is 3.00. The highest BCUT2D eigenvalue weighted by Crippen LogP contribution is 2.26. The van der Waals surface area contributed by atoms with Crippen LogP contribution in [-0.2, 0) is 4.74 Å². The molecule has 1 aromatic carbocycles. The molecule has 1 atom stereocenters. The Hall–Kier alpha value is -1.79. The Labute approximate surface area is 105 Å². The van der Waals surface area contributed by atoms with Gasteiger partial charge in [0.2, 0.25) is 0 Å². The molecule has 2 rings (SSSR count). The van der Waals surface area contributed by atoms with Crippen LogP contribution in [0.25, 0.3) is 0 Å². The van der Waals surface area contributed by atoms with E-state index in [0.29, 0.717) is 19.8 Å². The van der Waals surface area contributed by atoms with E-state index >= 15 is 0 Å². The van der Waals surface area contributed by atoms with Gasteiger partial charge in [0, 0.05) is 6.54 Å². The van der Waals surface area contributed by atoms with Crippen LogP contribution in [0.3, 0.4) is 0 Å². The number of phenols is 1. The number of para-hydroxylation sites is 1. The van der Waals surface area contributed by atoms with E-state index in [2.05, 4.69) is 0 Å². The smallest absolute Gasteiger partial charge is 0.258 e. The number of rotatable bonds is 2. The summed E-state index contributed by atoms with van der Waals surface area (Å²) in [6.45, 7) is 0.934. The molecule has 0 aliphatic carbocycles. The molecule has 0 spiro atoms. The standard InChI is InChI=1S/C12H16N2O4/c13-10-3-1-2-9(11(10)16)12(17)14-4-5-18-7-8(14)6-15/h1-3,8,15-16H,4-7,13H2. The number of benzene rings is 1. The molecule has 4 N–H and O–H groups in total. The molecular weight excluding hydrogens is 236 g/mol. The van der Waals surface area contributed by atoms with E-state index in [9.17, 15) is 15.0 Å². The van der Waals surface area contributed by atoms with Gasteiger partial charge >= 0.3 is 0 Å². The molecule has 0 bridgehead atoms. The van der Waals surface area contributed by atoms with Crippen LogP contribution in [0.1, 0.15) is 10.4 Å². The molecule has 6 nitrogen and oxygen atoms in total. The lowest BCUT2D eigenvalue weighted by Crippen LogP contribution is -2.50. The number of aliphatic hydroxyl groups is 1. The fraction of sp³-hybridized carbons (Fsp3) is 0.417. The number of nitrogens with zero attached hydrogens (tertiary/aromatic N) is 1. The lowest BCUT2D eigenvalue weighted by molar-refractivity contribution is -0.0185. The fourth-order valence-corrected chi connectivity index (χ4v) is 1.96. The van der Waals surface area contributed by atoms with Crippen LogP contribution in [0.2, 0.25) is 0 Å². The van der Waals surface area contributed by atoms with Crippen molar-refractivity contribution in [3.8, 4) is 5.75 Å². The molecule has 0 saturated carbocycles. The summed E-state index contributed by atoms with van der Waals surface area (Å²) >= 11 is 0. The maximum absolute atomic E-state index is 12.3. The van der Waals surface area contributed by atoms with Gasteiger partial charge in [-0.3, -0.25) is 4.79 Å². The SMILES string of the molecule is Nc1cccc(C(=O)N2CCOCC2CO)c1O. The zero-order chi connectivity index (χ0) is 13.1. The summed E-state index contributed by atoms with van der Waals surface area (Å²) in [7, 11) is 0. The van der Waals surface area contributed by atoms with Crippen molar-refractivity contribution in [2.24, 2.45) is 0 Å². The molecular formula is C12H16N2O4. The lowest BCUT2D eigenvalue weighted by atomic mass is 10.1. The molecule has 1 amide bonds. The Morgan fingerprint density at radius 1 is 1.56 bits per heavy atom. The van der Waals surface area contributed by atoms with E-state index in [4.69, 9.17) is 10.5 Å². The fourth-order valence-electron chi connectivity index (χ4n) is 1.96. The minimum absolute atomic E-state index is 0.148. The molecule has 1 aliphatic heterocycles. The van der Waals surface area contributed by atoms with Crippen LogP contribution in [-0.4, -0.2) is 53.4 Å². The number of carbonyl (C=O) groups is 1. The minimum Gasteiger partial charge on any atom is -0.505 e. The minimum atomic E-state index is -0.382. The number of aliphatic hydroxyl groups excluding tert-OH is 1. The van der Waals surface area contributed by atoms with Crippen LogP contribution >= 0.6 is 0 Å². The first-order valence-corrected chi connectivity index (χ1v) is 5.72. The van der Waals surface area contributed by atoms with Gasteiger partial charge in [0.15, 0.2) is 5.75 Å². The van der Waals surface area contributed by atoms with Crippen LogP contribution in [0.15, 0.2) is 18.2 Å². The van der Waals surface area contributed by atoms with E-state index in [-0.39, 0.29) is 35.6 Å². The second-order valence-electron chi connectivity index (χ2n) is 4.15. The molecule has 98 valence electrons. The molecule has 1 aromatic rings. The van der Waals surface area contributed by atoms with Gasteiger partial charge in [-0.25, -0.2) is 0 Å². The van der Waals surface area contributed by atoms with Crippen molar-refractivity contribution in [2.75, 3.05) is 32.1 Å². The number of morpholine rings is 1. The first-order valence-electron chi connectivity index (χ1n) is 5.72. The lowest BCUT2D eigenvalue weighted by Gasteiger charge is -2.34. The molecule has 1 saturated heterocycles. The number of phenolic OH excluding ortho intramolecular Hbond substituents is 1. The summed E-state index contributed by atoms with van der Waals surface area (Å²) in [6.07, 6.45) is 0. The topological polar surface area (TPSA) is 96.0 Å². The highest BCUT2D eigenvalue weighted by molar-refractivity contribution is 5.98. The molecule has 1 fully saturated rings. The number of anilines is 1. The largest absolute Gasteiger partial charge is 0.505 e. The zero-order valence-corrected chi connectivity index (χ0v) is 9.87. The number of hydrogen-bond donors (Lipinski definition) is 3. The van der Waals surface area contributed by atoms with Crippen LogP contribution in [0.4, 0.5) is 5.69 Å². The first-order chi connectivity index (χ1) is 8.65. The Kier molecular flexibility index (Phi) is 3.69. The number of hydrogen-bond acceptors (Lipinski definition) is 5. The summed E-state index contributed by atoms with van der Waals surface area (Å²) < 4.78 is 5.20. The number of nitrogens with two attached hydrogens (primary N) is 1. The predicted octanol–water partition coefficient (Wildman–Crippen LogP) is -0.192. The molecule has 0 radical (unpaired) electrons. The third-order valence-electron chi connectivity index (χ3n) is 3.00. The highest BCUT2D eigenvalue weighted by atomic mass is 16.5. The van der Waals surface area contributed by atoms with Gasteiger partial charge < -0.3 is 25.6 Å². The van der Waals surface area contributed by atoms with E-state index in [0.717, 1.165) is 0 Å². The van der Waals surface area contributed by atoms with Crippen LogP contribution in [0.5, 0.6) is 5.75 Å². The third kappa shape index (κ3) is 2.25. The van der Waals surface area contributed by atoms with Gasteiger partial charge in [-0.15, -0.1) is 0 Å². The highest BCUT2D eigenvalue weighted by Gasteiger charge is 2.29. The first kappa shape index (κ1) is 12.7. The summed E-state index contributed by atoms with van der Waals surface area (Å²) in [6, 6.07) is 4.26. The van der Waals surface area contributed by atoms with E-state index < -0.39 is 0 Å². The van der Waals surface area contributed by atoms with Crippen molar-refractivity contribution in [1.82, 2.24) is 4.90 Å². The number of carbonyl (C=O) groups excluding carboxylic acids is 1. The summed E-state index contributed by atoms with van der Waals surface area (Å²) in [4.78, 5) is 13.8. The average Bonchev–Trinajstić information content (AvgIpc) is 2.41. The molecule has 1 unspecified atom stereocenters. The van der Waals surface area contributed by atoms with Crippen molar-refractivity contribution >= 4 is 11.6 Å². The quantitative estimate of drug-likeness (QED) is 0.500. The molecule has 18 heavy (non-hydrogen) atoms. The number of aromatic hydroxyl groups is 1. The van der Waals surface area contributed by atoms with E-state index in [1.807, 2.05) is 0 Å². The Morgan fingerprint density at radius 2 is 2.33 bits per heavy atom. The van der Waals surface area contributed by atoms with Gasteiger partial charge in [-0.1, -0.05) is 6.07 Å². The molecule has 1 heterocycles. The van der Waals surface area contributed by atoms with E-state index in [1.165, 1.54) is 17.0 Å². The summed E-state index contributed by atoms with van der Waals surface area (Å²) in [5.41, 5.74) is 5.87. The summed E-state index contributed by atoms with van der Waals surface area (Å²) in [5.74, 6) is -0.562. The number of ether oxygens (including phenoxy) is 1. The van der Waals surface area contributed by atoms with Crippen LogP contribution in [0, 0.1) is 0 Å². The second-order valence-corrected chi connectivity index (χ2v) is 4.15. The maximum atomic E-state index is 12.3. The van der Waals surface area contributed by atoms with Gasteiger partial charge in [-0.05, 0) is 12.1 Å².